The number of amides is 1. The second kappa shape index (κ2) is 8.55. The molecule has 0 spiro atoms. The second-order valence-electron chi connectivity index (χ2n) is 7.17. The van der Waals surface area contributed by atoms with Crippen LogP contribution >= 0.6 is 23.5 Å². The molecule has 2 aromatic rings. The van der Waals surface area contributed by atoms with Crippen LogP contribution in [0.5, 0.6) is 0 Å². The summed E-state index contributed by atoms with van der Waals surface area (Å²) in [4.78, 5) is 21.1. The van der Waals surface area contributed by atoms with E-state index in [4.69, 9.17) is 0 Å². The van der Waals surface area contributed by atoms with Gasteiger partial charge < -0.3 is 5.32 Å². The lowest BCUT2D eigenvalue weighted by Gasteiger charge is -2.24. The minimum absolute atomic E-state index is 0.152. The zero-order valence-corrected chi connectivity index (χ0v) is 17.2. The summed E-state index contributed by atoms with van der Waals surface area (Å²) in [6, 6.07) is 4.67. The molecule has 29 heavy (non-hydrogen) atoms. The standard InChI is InChI=1S/C20H20F3N3OS2/c21-20(22,23)12-4-3-5-13(10-12)26-16(27)8-9-28-18-17-14-6-1-2-7-15(14)29-19(17)25-11-24-18/h3-5,10-11,14-15H,1-2,6-9H2,(H,26,27)/t14-,15-/m0/s1. The Hall–Kier alpha value is -1.74. The molecular weight excluding hydrogens is 419 g/mol. The number of carbonyl (C=O) groups is 1. The lowest BCUT2D eigenvalue weighted by Crippen LogP contribution is -2.16. The number of hydrogen-bond donors (Lipinski definition) is 1. The first kappa shape index (κ1) is 20.5. The fraction of sp³-hybridized carbons (Fsp3) is 0.450. The molecule has 1 saturated carbocycles. The van der Waals surface area contributed by atoms with Crippen molar-refractivity contribution >= 4 is 35.1 Å². The first-order valence-corrected chi connectivity index (χ1v) is 11.4. The van der Waals surface area contributed by atoms with Crippen molar-refractivity contribution in [3.05, 3.63) is 41.7 Å². The Labute approximate surface area is 175 Å². The molecular formula is C20H20F3N3OS2. The molecule has 0 saturated heterocycles. The van der Waals surface area contributed by atoms with E-state index in [0.717, 1.165) is 28.6 Å². The van der Waals surface area contributed by atoms with Gasteiger partial charge in [0.1, 0.15) is 16.4 Å². The molecule has 1 N–H and O–H groups in total. The maximum atomic E-state index is 12.8. The van der Waals surface area contributed by atoms with E-state index in [1.165, 1.54) is 48.7 Å². The Balaban J connectivity index is 1.35. The summed E-state index contributed by atoms with van der Waals surface area (Å²) in [5.74, 6) is 0.690. The van der Waals surface area contributed by atoms with Crippen LogP contribution in [0.3, 0.4) is 0 Å². The molecule has 1 aliphatic carbocycles. The van der Waals surface area contributed by atoms with E-state index >= 15 is 0 Å². The van der Waals surface area contributed by atoms with Crippen LogP contribution in [0.4, 0.5) is 18.9 Å². The lowest BCUT2D eigenvalue weighted by atomic mass is 9.85. The molecule has 4 rings (SSSR count). The summed E-state index contributed by atoms with van der Waals surface area (Å²) in [7, 11) is 0. The van der Waals surface area contributed by atoms with Crippen molar-refractivity contribution in [1.82, 2.24) is 9.97 Å². The zero-order valence-electron chi connectivity index (χ0n) is 15.5. The maximum absolute atomic E-state index is 12.8. The number of hydrogen-bond acceptors (Lipinski definition) is 5. The van der Waals surface area contributed by atoms with Gasteiger partial charge in [0.2, 0.25) is 5.91 Å². The molecule has 1 aliphatic heterocycles. The van der Waals surface area contributed by atoms with Gasteiger partial charge in [0.15, 0.2) is 0 Å². The molecule has 1 fully saturated rings. The Morgan fingerprint density at radius 3 is 2.90 bits per heavy atom. The normalized spacial score (nSPS) is 20.8. The number of benzene rings is 1. The number of thioether (sulfide) groups is 2. The molecule has 9 heteroatoms. The summed E-state index contributed by atoms with van der Waals surface area (Å²) < 4.78 is 38.4. The summed E-state index contributed by atoms with van der Waals surface area (Å²) >= 11 is 3.37. The Morgan fingerprint density at radius 2 is 2.07 bits per heavy atom. The van der Waals surface area contributed by atoms with E-state index in [2.05, 4.69) is 15.3 Å². The molecule has 4 nitrogen and oxygen atoms in total. The summed E-state index contributed by atoms with van der Waals surface area (Å²) in [6.07, 6.45) is 2.18. The van der Waals surface area contributed by atoms with Gasteiger partial charge in [-0.3, -0.25) is 4.79 Å². The van der Waals surface area contributed by atoms with Crippen molar-refractivity contribution in [2.24, 2.45) is 0 Å². The quantitative estimate of drug-likeness (QED) is 0.475. The molecule has 1 aromatic heterocycles. The van der Waals surface area contributed by atoms with Gasteiger partial charge in [-0.15, -0.1) is 23.5 Å². The van der Waals surface area contributed by atoms with E-state index in [9.17, 15) is 18.0 Å². The van der Waals surface area contributed by atoms with Crippen LogP contribution in [0.1, 0.15) is 49.1 Å². The fourth-order valence-electron chi connectivity index (χ4n) is 3.84. The fourth-order valence-corrected chi connectivity index (χ4v) is 6.40. The average Bonchev–Trinajstić information content (AvgIpc) is 3.07. The molecule has 0 bridgehead atoms. The van der Waals surface area contributed by atoms with Crippen LogP contribution in [0, 0.1) is 0 Å². The topological polar surface area (TPSA) is 54.9 Å². The SMILES string of the molecule is O=C(CCSc1ncnc2c1[C@H]1CCCC[C@@H]1S2)Nc1cccc(C(F)(F)F)c1. The highest BCUT2D eigenvalue weighted by atomic mass is 32.2. The van der Waals surface area contributed by atoms with Crippen molar-refractivity contribution in [2.45, 2.75) is 59.5 Å². The number of aromatic nitrogens is 2. The number of alkyl halides is 3. The third-order valence-corrected chi connectivity index (χ3v) is 7.61. The van der Waals surface area contributed by atoms with Gasteiger partial charge in [0.25, 0.3) is 0 Å². The minimum atomic E-state index is -4.43. The van der Waals surface area contributed by atoms with E-state index in [1.807, 2.05) is 11.8 Å². The maximum Gasteiger partial charge on any atom is 0.416 e. The van der Waals surface area contributed by atoms with Crippen LogP contribution < -0.4 is 5.32 Å². The van der Waals surface area contributed by atoms with Gasteiger partial charge in [-0.2, -0.15) is 13.2 Å². The zero-order chi connectivity index (χ0) is 20.4. The van der Waals surface area contributed by atoms with Crippen LogP contribution in [0.25, 0.3) is 0 Å². The number of nitrogens with one attached hydrogen (secondary N) is 1. The summed E-state index contributed by atoms with van der Waals surface area (Å²) in [6.45, 7) is 0. The van der Waals surface area contributed by atoms with E-state index < -0.39 is 11.7 Å². The number of carbonyl (C=O) groups excluding carboxylic acids is 1. The number of rotatable bonds is 5. The largest absolute Gasteiger partial charge is 0.416 e. The predicted octanol–water partition coefficient (Wildman–Crippen LogP) is 5.75. The number of nitrogens with zero attached hydrogens (tertiary/aromatic N) is 2. The highest BCUT2D eigenvalue weighted by Gasteiger charge is 2.38. The molecule has 1 aromatic carbocycles. The molecule has 1 amide bonds. The van der Waals surface area contributed by atoms with Gasteiger partial charge in [-0.25, -0.2) is 9.97 Å². The van der Waals surface area contributed by atoms with Crippen molar-refractivity contribution in [3.8, 4) is 0 Å². The van der Waals surface area contributed by atoms with Gasteiger partial charge in [0.05, 0.1) is 5.56 Å². The third-order valence-electron chi connectivity index (χ3n) is 5.19. The van der Waals surface area contributed by atoms with Crippen molar-refractivity contribution in [2.75, 3.05) is 11.1 Å². The summed E-state index contributed by atoms with van der Waals surface area (Å²) in [5.41, 5.74) is 0.602. The van der Waals surface area contributed by atoms with Gasteiger partial charge in [-0.05, 0) is 31.0 Å². The predicted molar refractivity (Wildman–Crippen MR) is 108 cm³/mol. The Bertz CT molecular complexity index is 907. The van der Waals surface area contributed by atoms with E-state index in [-0.39, 0.29) is 18.0 Å². The Morgan fingerprint density at radius 1 is 1.24 bits per heavy atom. The molecule has 2 aliphatic rings. The number of halogens is 3. The van der Waals surface area contributed by atoms with Gasteiger partial charge >= 0.3 is 6.18 Å². The highest BCUT2D eigenvalue weighted by Crippen LogP contribution is 2.53. The molecule has 154 valence electrons. The van der Waals surface area contributed by atoms with Gasteiger partial charge in [-0.1, -0.05) is 18.9 Å². The number of fused-ring (bicyclic) bond motifs is 3. The van der Waals surface area contributed by atoms with Crippen molar-refractivity contribution in [1.29, 1.82) is 0 Å². The van der Waals surface area contributed by atoms with Crippen molar-refractivity contribution < 1.29 is 18.0 Å². The molecule has 2 heterocycles. The molecule has 0 unspecified atom stereocenters. The van der Waals surface area contributed by atoms with Crippen LogP contribution in [0.2, 0.25) is 0 Å². The van der Waals surface area contributed by atoms with E-state index in [0.29, 0.717) is 16.9 Å². The Kier molecular flexibility index (Phi) is 6.06. The average molecular weight is 440 g/mol. The lowest BCUT2D eigenvalue weighted by molar-refractivity contribution is -0.137. The highest BCUT2D eigenvalue weighted by molar-refractivity contribution is 8.00. The van der Waals surface area contributed by atoms with Gasteiger partial charge in [0, 0.05) is 34.6 Å². The second-order valence-corrected chi connectivity index (χ2v) is 9.48. The van der Waals surface area contributed by atoms with Crippen LogP contribution in [0.15, 0.2) is 40.6 Å². The minimum Gasteiger partial charge on any atom is -0.326 e. The first-order valence-electron chi connectivity index (χ1n) is 9.53. The smallest absolute Gasteiger partial charge is 0.326 e. The van der Waals surface area contributed by atoms with Crippen molar-refractivity contribution in [3.63, 3.8) is 0 Å². The first-order chi connectivity index (χ1) is 13.9. The van der Waals surface area contributed by atoms with E-state index in [1.54, 1.807) is 6.33 Å². The molecule has 0 radical (unpaired) electrons. The van der Waals surface area contributed by atoms with Crippen LogP contribution in [-0.4, -0.2) is 26.9 Å². The monoisotopic (exact) mass is 439 g/mol. The van der Waals surface area contributed by atoms with Crippen LogP contribution in [-0.2, 0) is 11.0 Å². The number of anilines is 1. The third kappa shape index (κ3) is 4.71. The molecule has 2 atom stereocenters. The summed E-state index contributed by atoms with van der Waals surface area (Å²) in [5, 5.41) is 5.13.